The molecule has 0 unspecified atom stereocenters. The number of hydrogen-bond acceptors (Lipinski definition) is 2. The molecule has 0 spiro atoms. The third-order valence-corrected chi connectivity index (χ3v) is 4.83. The van der Waals surface area contributed by atoms with Gasteiger partial charge < -0.3 is 5.73 Å². The molecule has 1 aromatic rings. The molecule has 0 radical (unpaired) electrons. The van der Waals surface area contributed by atoms with E-state index in [-0.39, 0.29) is 11.2 Å². The first-order chi connectivity index (χ1) is 9.61. The maximum absolute atomic E-state index is 12.9. The van der Waals surface area contributed by atoms with Gasteiger partial charge in [-0.05, 0) is 49.7 Å². The molecule has 0 bridgehead atoms. The lowest BCUT2D eigenvalue weighted by atomic mass is 9.67. The van der Waals surface area contributed by atoms with Crippen LogP contribution in [0.4, 0.5) is 0 Å². The van der Waals surface area contributed by atoms with Gasteiger partial charge in [-0.25, -0.2) is 0 Å². The van der Waals surface area contributed by atoms with E-state index in [1.165, 1.54) is 5.56 Å². The first kappa shape index (κ1) is 15.2. The largest absolute Gasteiger partial charge is 0.329 e. The highest BCUT2D eigenvalue weighted by Crippen LogP contribution is 2.40. The Kier molecular flexibility index (Phi) is 4.98. The van der Waals surface area contributed by atoms with Crippen molar-refractivity contribution in [3.8, 4) is 0 Å². The van der Waals surface area contributed by atoms with Gasteiger partial charge in [0, 0.05) is 17.5 Å². The van der Waals surface area contributed by atoms with Crippen LogP contribution in [0.2, 0.25) is 0 Å². The lowest BCUT2D eigenvalue weighted by molar-refractivity contribution is 0.0695. The first-order valence-electron chi connectivity index (χ1n) is 7.95. The van der Waals surface area contributed by atoms with E-state index in [2.05, 4.69) is 26.0 Å². The first-order valence-corrected chi connectivity index (χ1v) is 7.95. The van der Waals surface area contributed by atoms with Crippen molar-refractivity contribution in [2.75, 3.05) is 6.54 Å². The van der Waals surface area contributed by atoms with Gasteiger partial charge in [0.05, 0.1) is 0 Å². The molecule has 1 fully saturated rings. The fraction of sp³-hybridized carbons (Fsp3) is 0.611. The Bertz CT molecular complexity index is 458. The van der Waals surface area contributed by atoms with Crippen molar-refractivity contribution in [1.29, 1.82) is 0 Å². The van der Waals surface area contributed by atoms with Crippen LogP contribution < -0.4 is 5.73 Å². The second-order valence-corrected chi connectivity index (χ2v) is 6.45. The van der Waals surface area contributed by atoms with E-state index in [0.29, 0.717) is 6.54 Å². The van der Waals surface area contributed by atoms with Crippen molar-refractivity contribution in [3.63, 3.8) is 0 Å². The van der Waals surface area contributed by atoms with Gasteiger partial charge in [0.1, 0.15) is 0 Å². The molecule has 2 nitrogen and oxygen atoms in total. The molecule has 0 amide bonds. The highest BCUT2D eigenvalue weighted by molar-refractivity contribution is 6.00. The maximum Gasteiger partial charge on any atom is 0.170 e. The molecule has 2 heteroatoms. The minimum Gasteiger partial charge on any atom is -0.329 e. The molecule has 1 aliphatic rings. The van der Waals surface area contributed by atoms with Crippen molar-refractivity contribution >= 4 is 5.78 Å². The van der Waals surface area contributed by atoms with Gasteiger partial charge in [-0.15, -0.1) is 0 Å². The predicted molar refractivity (Wildman–Crippen MR) is 83.9 cm³/mol. The molecular weight excluding hydrogens is 246 g/mol. The van der Waals surface area contributed by atoms with Gasteiger partial charge in [0.25, 0.3) is 0 Å². The van der Waals surface area contributed by atoms with E-state index in [4.69, 9.17) is 5.73 Å². The number of ketones is 1. The van der Waals surface area contributed by atoms with E-state index in [1.54, 1.807) is 0 Å². The van der Waals surface area contributed by atoms with E-state index in [1.807, 2.05) is 12.1 Å². The lowest BCUT2D eigenvalue weighted by Crippen LogP contribution is -2.41. The summed E-state index contributed by atoms with van der Waals surface area (Å²) in [5, 5.41) is 0. The normalized spacial score (nSPS) is 26.4. The fourth-order valence-electron chi connectivity index (χ4n) is 3.30. The molecule has 1 saturated carbocycles. The standard InChI is InChI=1S/C18H27NO/c1-3-5-15-6-4-7-16(12-15)17(20)18(13-19)10-8-14(2)9-11-18/h4,6-7,12,14H,3,5,8-11,13,19H2,1-2H3. The second kappa shape index (κ2) is 6.53. The van der Waals surface area contributed by atoms with Gasteiger partial charge in [-0.1, -0.05) is 38.5 Å². The van der Waals surface area contributed by atoms with Gasteiger partial charge in [-0.3, -0.25) is 4.79 Å². The van der Waals surface area contributed by atoms with E-state index >= 15 is 0 Å². The number of benzene rings is 1. The highest BCUT2D eigenvalue weighted by Gasteiger charge is 2.40. The minimum atomic E-state index is -0.308. The lowest BCUT2D eigenvalue weighted by Gasteiger charge is -2.37. The van der Waals surface area contributed by atoms with E-state index in [0.717, 1.165) is 50.0 Å². The molecule has 1 aromatic carbocycles. The van der Waals surface area contributed by atoms with E-state index < -0.39 is 0 Å². The molecule has 2 rings (SSSR count). The average Bonchev–Trinajstić information content (AvgIpc) is 2.48. The van der Waals surface area contributed by atoms with Crippen LogP contribution >= 0.6 is 0 Å². The molecule has 0 heterocycles. The molecule has 2 N–H and O–H groups in total. The molecular formula is C18H27NO. The topological polar surface area (TPSA) is 43.1 Å². The third kappa shape index (κ3) is 3.12. The number of rotatable bonds is 5. The van der Waals surface area contributed by atoms with Crippen molar-refractivity contribution in [2.24, 2.45) is 17.1 Å². The molecule has 0 atom stereocenters. The monoisotopic (exact) mass is 273 g/mol. The molecule has 0 aromatic heterocycles. The molecule has 1 aliphatic carbocycles. The highest BCUT2D eigenvalue weighted by atomic mass is 16.1. The van der Waals surface area contributed by atoms with Gasteiger partial charge >= 0.3 is 0 Å². The zero-order valence-electron chi connectivity index (χ0n) is 12.8. The Morgan fingerprint density at radius 1 is 1.35 bits per heavy atom. The average molecular weight is 273 g/mol. The summed E-state index contributed by atoms with van der Waals surface area (Å²) in [5.41, 5.74) is 7.81. The van der Waals surface area contributed by atoms with Crippen LogP contribution in [-0.4, -0.2) is 12.3 Å². The molecule has 20 heavy (non-hydrogen) atoms. The Hall–Kier alpha value is -1.15. The Morgan fingerprint density at radius 2 is 2.05 bits per heavy atom. The smallest absolute Gasteiger partial charge is 0.170 e. The van der Waals surface area contributed by atoms with Crippen molar-refractivity contribution in [3.05, 3.63) is 35.4 Å². The van der Waals surface area contributed by atoms with Crippen LogP contribution in [0.5, 0.6) is 0 Å². The summed E-state index contributed by atoms with van der Waals surface area (Å²) in [5.74, 6) is 0.999. The summed E-state index contributed by atoms with van der Waals surface area (Å²) >= 11 is 0. The van der Waals surface area contributed by atoms with Crippen LogP contribution in [0.25, 0.3) is 0 Å². The number of carbonyl (C=O) groups excluding carboxylic acids is 1. The number of Topliss-reactive ketones (excluding diaryl/α,β-unsaturated/α-hetero) is 1. The summed E-state index contributed by atoms with van der Waals surface area (Å²) in [6.07, 6.45) is 6.28. The summed E-state index contributed by atoms with van der Waals surface area (Å²) < 4.78 is 0. The Labute approximate surface area is 122 Å². The molecule has 0 saturated heterocycles. The SMILES string of the molecule is CCCc1cccc(C(=O)C2(CN)CCC(C)CC2)c1. The summed E-state index contributed by atoms with van der Waals surface area (Å²) in [7, 11) is 0. The van der Waals surface area contributed by atoms with E-state index in [9.17, 15) is 4.79 Å². The van der Waals surface area contributed by atoms with Crippen molar-refractivity contribution < 1.29 is 4.79 Å². The van der Waals surface area contributed by atoms with Crippen molar-refractivity contribution in [1.82, 2.24) is 0 Å². The molecule has 0 aliphatic heterocycles. The fourth-order valence-corrected chi connectivity index (χ4v) is 3.30. The van der Waals surface area contributed by atoms with Crippen LogP contribution in [0.1, 0.15) is 61.9 Å². The predicted octanol–water partition coefficient (Wildman–Crippen LogP) is 3.98. The van der Waals surface area contributed by atoms with Gasteiger partial charge in [-0.2, -0.15) is 0 Å². The van der Waals surface area contributed by atoms with Crippen LogP contribution in [-0.2, 0) is 6.42 Å². The number of nitrogens with two attached hydrogens (primary N) is 1. The Balaban J connectivity index is 2.22. The van der Waals surface area contributed by atoms with Crippen molar-refractivity contribution in [2.45, 2.75) is 52.4 Å². The van der Waals surface area contributed by atoms with Gasteiger partial charge in [0.2, 0.25) is 0 Å². The minimum absolute atomic E-state index is 0.268. The summed E-state index contributed by atoms with van der Waals surface area (Å²) in [6.45, 7) is 4.92. The van der Waals surface area contributed by atoms with Gasteiger partial charge in [0.15, 0.2) is 5.78 Å². The number of aryl methyl sites for hydroxylation is 1. The maximum atomic E-state index is 12.9. The van der Waals surface area contributed by atoms with Crippen LogP contribution in [0, 0.1) is 11.3 Å². The summed E-state index contributed by atoms with van der Waals surface area (Å²) in [6, 6.07) is 8.14. The zero-order chi connectivity index (χ0) is 14.6. The number of carbonyl (C=O) groups is 1. The quantitative estimate of drug-likeness (QED) is 0.825. The second-order valence-electron chi connectivity index (χ2n) is 6.45. The molecule has 110 valence electrons. The summed E-state index contributed by atoms with van der Waals surface area (Å²) in [4.78, 5) is 12.9. The third-order valence-electron chi connectivity index (χ3n) is 4.83. The number of hydrogen-bond donors (Lipinski definition) is 1. The van der Waals surface area contributed by atoms with Crippen LogP contribution in [0.15, 0.2) is 24.3 Å². The Morgan fingerprint density at radius 3 is 2.65 bits per heavy atom. The zero-order valence-corrected chi connectivity index (χ0v) is 12.8. The van der Waals surface area contributed by atoms with Crippen LogP contribution in [0.3, 0.4) is 0 Å².